The van der Waals surface area contributed by atoms with Crippen molar-refractivity contribution in [2.45, 2.75) is 43.8 Å². The second-order valence-corrected chi connectivity index (χ2v) is 9.15. The number of pyridine rings is 1. The average Bonchev–Trinajstić information content (AvgIpc) is 3.41. The molecule has 31 heavy (non-hydrogen) atoms. The predicted molar refractivity (Wildman–Crippen MR) is 121 cm³/mol. The van der Waals surface area contributed by atoms with Crippen molar-refractivity contribution in [3.63, 3.8) is 0 Å². The molecule has 5 rings (SSSR count). The number of hydrogen-bond donors (Lipinski definition) is 2. The maximum atomic E-state index is 13.0. The monoisotopic (exact) mass is 434 g/mol. The van der Waals surface area contributed by atoms with Gasteiger partial charge in [-0.25, -0.2) is 0 Å². The van der Waals surface area contributed by atoms with Crippen molar-refractivity contribution in [3.05, 3.63) is 57.3 Å². The first-order chi connectivity index (χ1) is 14.9. The van der Waals surface area contributed by atoms with Gasteiger partial charge in [0, 0.05) is 35.3 Å². The topological polar surface area (TPSA) is 86.9 Å². The van der Waals surface area contributed by atoms with Crippen LogP contribution in [0.15, 0.2) is 41.2 Å². The van der Waals surface area contributed by atoms with Crippen molar-refractivity contribution in [2.24, 2.45) is 13.0 Å². The number of aryl methyl sites for hydroxylation is 1. The van der Waals surface area contributed by atoms with Gasteiger partial charge in [0.2, 0.25) is 5.91 Å². The van der Waals surface area contributed by atoms with Crippen LogP contribution in [0.25, 0.3) is 21.7 Å². The van der Waals surface area contributed by atoms with E-state index in [9.17, 15) is 14.9 Å². The molecule has 4 atom stereocenters. The lowest BCUT2D eigenvalue weighted by atomic mass is 9.98. The summed E-state index contributed by atoms with van der Waals surface area (Å²) in [6, 6.07) is 13.0. The molecule has 4 unspecified atom stereocenters. The molecular formula is C24H23ClN4O2. The Morgan fingerprint density at radius 2 is 2.06 bits per heavy atom. The second-order valence-electron chi connectivity index (χ2n) is 8.71. The van der Waals surface area contributed by atoms with Gasteiger partial charge in [0.15, 0.2) is 0 Å². The zero-order chi connectivity index (χ0) is 21.7. The van der Waals surface area contributed by atoms with Crippen LogP contribution in [0.2, 0.25) is 5.02 Å². The smallest absolute Gasteiger partial charge is 0.258 e. The number of halogens is 1. The third kappa shape index (κ3) is 3.48. The lowest BCUT2D eigenvalue weighted by Crippen LogP contribution is -2.50. The minimum absolute atomic E-state index is 0.0988. The molecule has 1 aliphatic carbocycles. The summed E-state index contributed by atoms with van der Waals surface area (Å²) >= 11 is 6.12. The molecule has 1 saturated carbocycles. The highest BCUT2D eigenvalue weighted by atomic mass is 35.5. The number of piperidine rings is 1. The molecule has 1 saturated heterocycles. The third-order valence-corrected chi connectivity index (χ3v) is 7.02. The van der Waals surface area contributed by atoms with E-state index in [-0.39, 0.29) is 17.5 Å². The lowest BCUT2D eigenvalue weighted by Gasteiger charge is -2.23. The summed E-state index contributed by atoms with van der Waals surface area (Å²) in [6.45, 7) is 0. The van der Waals surface area contributed by atoms with Gasteiger partial charge in [-0.05, 0) is 54.3 Å². The number of carbonyl (C=O) groups excluding carboxylic acids is 1. The Balaban J connectivity index is 1.42. The number of aromatic nitrogens is 1. The first-order valence-corrected chi connectivity index (χ1v) is 11.0. The van der Waals surface area contributed by atoms with Gasteiger partial charge < -0.3 is 15.2 Å². The SMILES string of the molecule is Cn1c(=O)c2cc(CC(C#N)NC(=O)C3NC4CCC3C4)ccc2c2ccc(Cl)cc21. The van der Waals surface area contributed by atoms with Crippen molar-refractivity contribution >= 4 is 39.2 Å². The summed E-state index contributed by atoms with van der Waals surface area (Å²) in [7, 11) is 1.73. The van der Waals surface area contributed by atoms with Crippen LogP contribution in [0, 0.1) is 17.2 Å². The zero-order valence-corrected chi connectivity index (χ0v) is 17.9. The van der Waals surface area contributed by atoms with Crippen molar-refractivity contribution in [3.8, 4) is 6.07 Å². The van der Waals surface area contributed by atoms with Crippen molar-refractivity contribution in [1.82, 2.24) is 15.2 Å². The highest BCUT2D eigenvalue weighted by molar-refractivity contribution is 6.31. The number of rotatable bonds is 4. The minimum Gasteiger partial charge on any atom is -0.339 e. The number of hydrogen-bond acceptors (Lipinski definition) is 4. The molecule has 2 aromatic carbocycles. The number of benzene rings is 2. The summed E-state index contributed by atoms with van der Waals surface area (Å²) in [5, 5.41) is 18.8. The van der Waals surface area contributed by atoms with Crippen LogP contribution in [0.3, 0.4) is 0 Å². The van der Waals surface area contributed by atoms with E-state index in [1.807, 2.05) is 30.3 Å². The Morgan fingerprint density at radius 1 is 1.26 bits per heavy atom. The molecule has 2 bridgehead atoms. The summed E-state index contributed by atoms with van der Waals surface area (Å²) in [5.74, 6) is 0.271. The first-order valence-electron chi connectivity index (χ1n) is 10.6. The summed E-state index contributed by atoms with van der Waals surface area (Å²) in [6.07, 6.45) is 3.59. The molecule has 6 nitrogen and oxygen atoms in total. The molecule has 3 aromatic rings. The maximum Gasteiger partial charge on any atom is 0.258 e. The third-order valence-electron chi connectivity index (χ3n) is 6.78. The molecule has 2 N–H and O–H groups in total. The van der Waals surface area contributed by atoms with E-state index in [0.29, 0.717) is 28.8 Å². The van der Waals surface area contributed by atoms with Gasteiger partial charge in [0.05, 0.1) is 17.6 Å². The minimum atomic E-state index is -0.644. The maximum absolute atomic E-state index is 13.0. The van der Waals surface area contributed by atoms with Crippen LogP contribution in [0.1, 0.15) is 24.8 Å². The van der Waals surface area contributed by atoms with Crippen molar-refractivity contribution in [1.29, 1.82) is 5.26 Å². The van der Waals surface area contributed by atoms with Crippen LogP contribution < -0.4 is 16.2 Å². The summed E-state index contributed by atoms with van der Waals surface area (Å²) < 4.78 is 1.59. The molecule has 158 valence electrons. The molecule has 7 heteroatoms. The number of amides is 1. The zero-order valence-electron chi connectivity index (χ0n) is 17.2. The summed E-state index contributed by atoms with van der Waals surface area (Å²) in [4.78, 5) is 25.7. The van der Waals surface area contributed by atoms with E-state index < -0.39 is 6.04 Å². The fourth-order valence-corrected chi connectivity index (χ4v) is 5.37. The van der Waals surface area contributed by atoms with Gasteiger partial charge in [-0.2, -0.15) is 5.26 Å². The number of carbonyl (C=O) groups is 1. The molecule has 1 aromatic heterocycles. The molecular weight excluding hydrogens is 412 g/mol. The quantitative estimate of drug-likeness (QED) is 0.618. The van der Waals surface area contributed by atoms with Crippen molar-refractivity contribution in [2.75, 3.05) is 0 Å². The Morgan fingerprint density at radius 3 is 2.77 bits per heavy atom. The Kier molecular flexibility index (Phi) is 4.96. The molecule has 2 aliphatic rings. The molecule has 2 fully saturated rings. The van der Waals surface area contributed by atoms with E-state index in [4.69, 9.17) is 11.6 Å². The Labute approximate surface area is 184 Å². The number of fused-ring (bicyclic) bond motifs is 5. The molecule has 2 heterocycles. The standard InChI is InChI=1S/C24H23ClN4O2/c1-29-21-11-15(25)4-7-19(21)18-6-2-13(9-20(18)24(29)31)8-17(12-26)28-23(30)22-14-3-5-16(10-14)27-22/h2,4,6-7,9,11,14,16-17,22,27H,3,5,8,10H2,1H3,(H,28,30). The van der Waals surface area contributed by atoms with E-state index in [1.165, 1.54) is 0 Å². The molecule has 0 spiro atoms. The first kappa shape index (κ1) is 20.0. The van der Waals surface area contributed by atoms with Gasteiger partial charge >= 0.3 is 0 Å². The Hall–Kier alpha value is -2.88. The van der Waals surface area contributed by atoms with E-state index in [2.05, 4.69) is 16.7 Å². The summed E-state index contributed by atoms with van der Waals surface area (Å²) in [5.41, 5.74) is 1.50. The van der Waals surface area contributed by atoms with E-state index in [0.717, 1.165) is 41.1 Å². The van der Waals surface area contributed by atoms with Crippen LogP contribution in [0.4, 0.5) is 0 Å². The largest absolute Gasteiger partial charge is 0.339 e. The molecule has 1 amide bonds. The highest BCUT2D eigenvalue weighted by Gasteiger charge is 2.43. The number of nitrogens with zero attached hydrogens (tertiary/aromatic N) is 2. The van der Waals surface area contributed by atoms with Crippen LogP contribution in [0.5, 0.6) is 0 Å². The lowest BCUT2D eigenvalue weighted by molar-refractivity contribution is -0.124. The van der Waals surface area contributed by atoms with E-state index >= 15 is 0 Å². The second kappa shape index (κ2) is 7.67. The van der Waals surface area contributed by atoms with Crippen LogP contribution in [-0.2, 0) is 18.3 Å². The molecule has 0 radical (unpaired) electrons. The number of nitrogens with one attached hydrogen (secondary N) is 2. The number of nitriles is 1. The fourth-order valence-electron chi connectivity index (χ4n) is 5.21. The highest BCUT2D eigenvalue weighted by Crippen LogP contribution is 2.35. The van der Waals surface area contributed by atoms with Gasteiger partial charge in [0.25, 0.3) is 5.56 Å². The predicted octanol–water partition coefficient (Wildman–Crippen LogP) is 3.04. The normalized spacial score (nSPS) is 23.2. The van der Waals surface area contributed by atoms with Gasteiger partial charge in [-0.3, -0.25) is 9.59 Å². The average molecular weight is 435 g/mol. The van der Waals surface area contributed by atoms with E-state index in [1.54, 1.807) is 17.7 Å². The fraction of sp³-hybridized carbons (Fsp3) is 0.375. The van der Waals surface area contributed by atoms with Gasteiger partial charge in [-0.15, -0.1) is 0 Å². The van der Waals surface area contributed by atoms with Gasteiger partial charge in [0.1, 0.15) is 6.04 Å². The molecule has 1 aliphatic heterocycles. The van der Waals surface area contributed by atoms with Crippen LogP contribution in [-0.4, -0.2) is 28.6 Å². The van der Waals surface area contributed by atoms with Gasteiger partial charge in [-0.1, -0.05) is 29.8 Å². The Bertz CT molecular complexity index is 1310. The van der Waals surface area contributed by atoms with Crippen LogP contribution >= 0.6 is 11.6 Å². The van der Waals surface area contributed by atoms with Crippen molar-refractivity contribution < 1.29 is 4.79 Å².